The molecule has 1 nitrogen and oxygen atoms in total. The molecule has 14 heavy (non-hydrogen) atoms. The molecule has 0 spiro atoms. The number of phenols is 1. The van der Waals surface area contributed by atoms with Crippen LogP contribution in [0.15, 0.2) is 12.1 Å². The monoisotopic (exact) mass is 188 g/mol. The molecule has 1 N–H and O–H groups in total. The molecule has 4 rings (SSSR count). The van der Waals surface area contributed by atoms with Crippen LogP contribution in [0.4, 0.5) is 0 Å². The Bertz CT molecular complexity index is 373. The van der Waals surface area contributed by atoms with Gasteiger partial charge in [0.15, 0.2) is 0 Å². The van der Waals surface area contributed by atoms with Gasteiger partial charge < -0.3 is 5.11 Å². The number of benzene rings is 1. The van der Waals surface area contributed by atoms with Gasteiger partial charge in [0, 0.05) is 5.56 Å². The summed E-state index contributed by atoms with van der Waals surface area (Å²) in [6.07, 6.45) is 5.24. The first kappa shape index (κ1) is 8.34. The quantitative estimate of drug-likeness (QED) is 0.661. The first-order valence-corrected chi connectivity index (χ1v) is 5.59. The third-order valence-electron chi connectivity index (χ3n) is 3.91. The smallest absolute Gasteiger partial charge is 0.119 e. The third kappa shape index (κ3) is 1.01. The van der Waals surface area contributed by atoms with E-state index in [1.165, 1.54) is 42.4 Å². The molecule has 1 aromatic rings. The molecule has 1 saturated carbocycles. The second-order valence-corrected chi connectivity index (χ2v) is 4.84. The molecule has 0 saturated heterocycles. The molecule has 1 heteroatoms. The fourth-order valence-electron chi connectivity index (χ4n) is 3.28. The zero-order valence-electron chi connectivity index (χ0n) is 8.59. The summed E-state index contributed by atoms with van der Waals surface area (Å²) in [5, 5.41) is 9.96. The average molecular weight is 188 g/mol. The van der Waals surface area contributed by atoms with Crippen LogP contribution in [0.1, 0.15) is 54.2 Å². The fourth-order valence-corrected chi connectivity index (χ4v) is 3.28. The van der Waals surface area contributed by atoms with Crippen molar-refractivity contribution in [2.75, 3.05) is 0 Å². The minimum absolute atomic E-state index is 0.550. The van der Waals surface area contributed by atoms with Crippen LogP contribution in [-0.2, 0) is 0 Å². The number of fused-ring (bicyclic) bond motifs is 2. The minimum Gasteiger partial charge on any atom is -0.508 e. The summed E-state index contributed by atoms with van der Waals surface area (Å²) in [5.41, 5.74) is 3.93. The van der Waals surface area contributed by atoms with E-state index in [-0.39, 0.29) is 0 Å². The Kier molecular flexibility index (Phi) is 1.64. The highest BCUT2D eigenvalue weighted by atomic mass is 16.3. The predicted octanol–water partition coefficient (Wildman–Crippen LogP) is 3.46. The molecule has 0 unspecified atom stereocenters. The van der Waals surface area contributed by atoms with Gasteiger partial charge in [0.2, 0.25) is 0 Å². The van der Waals surface area contributed by atoms with E-state index in [2.05, 4.69) is 13.0 Å². The summed E-state index contributed by atoms with van der Waals surface area (Å²) >= 11 is 0. The SMILES string of the molecule is Cc1cc(O)c2c(c1)C1CCC2CC1. The molecule has 1 fully saturated rings. The summed E-state index contributed by atoms with van der Waals surface area (Å²) in [5.74, 6) is 1.94. The zero-order chi connectivity index (χ0) is 9.71. The van der Waals surface area contributed by atoms with Crippen LogP contribution in [0.25, 0.3) is 0 Å². The second kappa shape index (κ2) is 2.75. The lowest BCUT2D eigenvalue weighted by Gasteiger charge is -2.38. The molecule has 0 aromatic heterocycles. The van der Waals surface area contributed by atoms with E-state index in [0.717, 1.165) is 5.92 Å². The van der Waals surface area contributed by atoms with Crippen molar-refractivity contribution in [3.63, 3.8) is 0 Å². The largest absolute Gasteiger partial charge is 0.508 e. The van der Waals surface area contributed by atoms with E-state index in [0.29, 0.717) is 11.7 Å². The maximum atomic E-state index is 9.96. The number of aryl methyl sites for hydroxylation is 1. The average Bonchev–Trinajstić information content (AvgIpc) is 2.18. The van der Waals surface area contributed by atoms with Crippen molar-refractivity contribution >= 4 is 0 Å². The molecular formula is C13H16O. The maximum Gasteiger partial charge on any atom is 0.119 e. The molecule has 0 radical (unpaired) electrons. The van der Waals surface area contributed by atoms with Crippen molar-refractivity contribution in [2.24, 2.45) is 0 Å². The summed E-state index contributed by atoms with van der Waals surface area (Å²) in [7, 11) is 0. The van der Waals surface area contributed by atoms with Gasteiger partial charge in [-0.15, -0.1) is 0 Å². The number of rotatable bonds is 0. The van der Waals surface area contributed by atoms with Crippen LogP contribution in [0.3, 0.4) is 0 Å². The van der Waals surface area contributed by atoms with E-state index in [9.17, 15) is 5.11 Å². The van der Waals surface area contributed by atoms with E-state index >= 15 is 0 Å². The lowest BCUT2D eigenvalue weighted by Crippen LogP contribution is -2.21. The summed E-state index contributed by atoms with van der Waals surface area (Å²) in [6.45, 7) is 2.07. The van der Waals surface area contributed by atoms with Gasteiger partial charge in [0.25, 0.3) is 0 Å². The molecule has 74 valence electrons. The van der Waals surface area contributed by atoms with Crippen molar-refractivity contribution in [1.29, 1.82) is 0 Å². The first-order chi connectivity index (χ1) is 6.75. The molecule has 0 atom stereocenters. The van der Waals surface area contributed by atoms with Crippen LogP contribution in [0, 0.1) is 6.92 Å². The Morgan fingerprint density at radius 1 is 1.07 bits per heavy atom. The van der Waals surface area contributed by atoms with Gasteiger partial charge in [0.1, 0.15) is 5.75 Å². The molecule has 2 bridgehead atoms. The predicted molar refractivity (Wildman–Crippen MR) is 56.8 cm³/mol. The Morgan fingerprint density at radius 2 is 1.71 bits per heavy atom. The van der Waals surface area contributed by atoms with Gasteiger partial charge in [-0.05, 0) is 61.6 Å². The van der Waals surface area contributed by atoms with Crippen LogP contribution in [0.2, 0.25) is 0 Å². The van der Waals surface area contributed by atoms with Crippen molar-refractivity contribution in [1.82, 2.24) is 0 Å². The first-order valence-electron chi connectivity index (χ1n) is 5.59. The fraction of sp³-hybridized carbons (Fsp3) is 0.538. The highest BCUT2D eigenvalue weighted by molar-refractivity contribution is 5.49. The Balaban J connectivity index is 2.24. The Labute approximate surface area is 84.8 Å². The highest BCUT2D eigenvalue weighted by Crippen LogP contribution is 2.52. The van der Waals surface area contributed by atoms with Crippen LogP contribution in [0.5, 0.6) is 5.75 Å². The Hall–Kier alpha value is -0.980. The number of hydrogen-bond acceptors (Lipinski definition) is 1. The van der Waals surface area contributed by atoms with Gasteiger partial charge >= 0.3 is 0 Å². The lowest BCUT2D eigenvalue weighted by molar-refractivity contribution is 0.343. The Morgan fingerprint density at radius 3 is 2.43 bits per heavy atom. The van der Waals surface area contributed by atoms with Crippen LogP contribution >= 0.6 is 0 Å². The molecular weight excluding hydrogens is 172 g/mol. The molecule has 0 amide bonds. The number of aromatic hydroxyl groups is 1. The molecule has 3 aliphatic rings. The second-order valence-electron chi connectivity index (χ2n) is 4.84. The topological polar surface area (TPSA) is 20.2 Å². The van der Waals surface area contributed by atoms with Crippen molar-refractivity contribution < 1.29 is 5.11 Å². The van der Waals surface area contributed by atoms with Crippen molar-refractivity contribution in [3.05, 3.63) is 28.8 Å². The number of hydrogen-bond donors (Lipinski definition) is 1. The van der Waals surface area contributed by atoms with Gasteiger partial charge in [-0.1, -0.05) is 6.07 Å². The molecule has 3 aliphatic carbocycles. The van der Waals surface area contributed by atoms with Gasteiger partial charge in [0.05, 0.1) is 0 Å². The number of phenolic OH excluding ortho intramolecular Hbond substituents is 1. The van der Waals surface area contributed by atoms with Crippen molar-refractivity contribution in [3.8, 4) is 5.75 Å². The molecule has 0 heterocycles. The summed E-state index contributed by atoms with van der Waals surface area (Å²) in [6, 6.07) is 4.20. The summed E-state index contributed by atoms with van der Waals surface area (Å²) < 4.78 is 0. The van der Waals surface area contributed by atoms with Gasteiger partial charge in [-0.25, -0.2) is 0 Å². The maximum absolute atomic E-state index is 9.96. The van der Waals surface area contributed by atoms with E-state index in [1.54, 1.807) is 0 Å². The van der Waals surface area contributed by atoms with Crippen molar-refractivity contribution in [2.45, 2.75) is 44.4 Å². The highest BCUT2D eigenvalue weighted by Gasteiger charge is 2.34. The van der Waals surface area contributed by atoms with Crippen LogP contribution < -0.4 is 0 Å². The van der Waals surface area contributed by atoms with Gasteiger partial charge in [-0.2, -0.15) is 0 Å². The lowest BCUT2D eigenvalue weighted by atomic mass is 9.66. The zero-order valence-corrected chi connectivity index (χ0v) is 8.59. The minimum atomic E-state index is 0.550. The van der Waals surface area contributed by atoms with E-state index in [4.69, 9.17) is 0 Å². The van der Waals surface area contributed by atoms with Crippen LogP contribution in [-0.4, -0.2) is 5.11 Å². The van der Waals surface area contributed by atoms with E-state index < -0.39 is 0 Å². The normalized spacial score (nSPS) is 28.9. The third-order valence-corrected chi connectivity index (χ3v) is 3.91. The standard InChI is InChI=1S/C13H16O/c1-8-6-11-9-2-4-10(5-3-9)13(11)12(14)7-8/h6-7,9-10,14H,2-5H2,1H3. The molecule has 1 aromatic carbocycles. The molecule has 0 aliphatic heterocycles. The summed E-state index contributed by atoms with van der Waals surface area (Å²) in [4.78, 5) is 0. The van der Waals surface area contributed by atoms with E-state index in [1.807, 2.05) is 6.07 Å². The van der Waals surface area contributed by atoms with Gasteiger partial charge in [-0.3, -0.25) is 0 Å².